The Labute approximate surface area is 174 Å². The summed E-state index contributed by atoms with van der Waals surface area (Å²) in [5.41, 5.74) is 0.933. The third-order valence-electron chi connectivity index (χ3n) is 4.66. The molecule has 6 nitrogen and oxygen atoms in total. The van der Waals surface area contributed by atoms with Crippen molar-refractivity contribution in [1.29, 1.82) is 5.26 Å². The van der Waals surface area contributed by atoms with Gasteiger partial charge in [-0.15, -0.1) is 0 Å². The van der Waals surface area contributed by atoms with Crippen LogP contribution < -0.4 is 0 Å². The van der Waals surface area contributed by atoms with Gasteiger partial charge in [0.05, 0.1) is 23.8 Å². The summed E-state index contributed by atoms with van der Waals surface area (Å²) < 4.78 is 51.1. The van der Waals surface area contributed by atoms with Gasteiger partial charge in [-0.3, -0.25) is 0 Å². The first-order valence-electron chi connectivity index (χ1n) is 8.81. The highest BCUT2D eigenvalue weighted by Gasteiger charge is 2.34. The molecule has 0 unspecified atom stereocenters. The summed E-state index contributed by atoms with van der Waals surface area (Å²) in [4.78, 5) is 11.2. The smallest absolute Gasteiger partial charge is 0.407 e. The van der Waals surface area contributed by atoms with Crippen LogP contribution in [0.5, 0.6) is 0 Å². The van der Waals surface area contributed by atoms with Crippen LogP contribution >= 0.6 is 0 Å². The summed E-state index contributed by atoms with van der Waals surface area (Å²) in [6.07, 6.45) is -2.41. The summed E-state index contributed by atoms with van der Waals surface area (Å²) in [5.74, 6) is 0.276. The molecule has 9 heteroatoms. The van der Waals surface area contributed by atoms with E-state index in [0.717, 1.165) is 24.1 Å². The Morgan fingerprint density at radius 2 is 1.55 bits per heavy atom. The molecule has 0 saturated carbocycles. The van der Waals surface area contributed by atoms with Gasteiger partial charge in [0, 0.05) is 11.1 Å². The predicted molar refractivity (Wildman–Crippen MR) is 104 cm³/mol. The standard InChI is InChI=1S/C22H11F3N4O2/c1-12-7-13(3-4-15(12)9-26)18-20(30-10-28-18)21-19(29-11-31-21)14-5-6-17(27-2)16(8-14)22(23,24)25/h3-8,10-11H,1H3. The van der Waals surface area contributed by atoms with Gasteiger partial charge in [0.15, 0.2) is 30.0 Å². The van der Waals surface area contributed by atoms with E-state index in [1.165, 1.54) is 12.5 Å². The quantitative estimate of drug-likeness (QED) is 0.358. The Morgan fingerprint density at radius 1 is 0.968 bits per heavy atom. The van der Waals surface area contributed by atoms with Crippen molar-refractivity contribution in [2.45, 2.75) is 13.1 Å². The van der Waals surface area contributed by atoms with E-state index < -0.39 is 17.4 Å². The van der Waals surface area contributed by atoms with Gasteiger partial charge in [0.25, 0.3) is 0 Å². The maximum Gasteiger partial charge on any atom is 0.407 e. The van der Waals surface area contributed by atoms with Gasteiger partial charge in [-0.2, -0.15) is 18.4 Å². The summed E-state index contributed by atoms with van der Waals surface area (Å²) in [5, 5.41) is 9.12. The molecular weight excluding hydrogens is 409 g/mol. The van der Waals surface area contributed by atoms with Crippen molar-refractivity contribution in [3.63, 3.8) is 0 Å². The molecule has 2 aromatic carbocycles. The Kier molecular flexibility index (Phi) is 4.80. The second kappa shape index (κ2) is 7.47. The molecule has 0 atom stereocenters. The third-order valence-corrected chi connectivity index (χ3v) is 4.66. The maximum atomic E-state index is 13.4. The van der Waals surface area contributed by atoms with Crippen LogP contribution in [-0.2, 0) is 6.18 Å². The number of benzene rings is 2. The summed E-state index contributed by atoms with van der Waals surface area (Å²) in [7, 11) is 0. The van der Waals surface area contributed by atoms with Gasteiger partial charge in [0.2, 0.25) is 0 Å². The molecule has 0 aliphatic carbocycles. The van der Waals surface area contributed by atoms with Crippen molar-refractivity contribution in [2.24, 2.45) is 0 Å². The average Bonchev–Trinajstić information content (AvgIpc) is 3.41. The van der Waals surface area contributed by atoms with Crippen molar-refractivity contribution in [1.82, 2.24) is 9.97 Å². The average molecular weight is 420 g/mol. The number of rotatable bonds is 3. The van der Waals surface area contributed by atoms with Crippen LogP contribution in [0.1, 0.15) is 16.7 Å². The highest BCUT2D eigenvalue weighted by molar-refractivity contribution is 5.83. The van der Waals surface area contributed by atoms with E-state index >= 15 is 0 Å². The summed E-state index contributed by atoms with van der Waals surface area (Å²) in [6.45, 7) is 8.76. The van der Waals surface area contributed by atoms with Crippen molar-refractivity contribution < 1.29 is 22.0 Å². The van der Waals surface area contributed by atoms with Crippen molar-refractivity contribution >= 4 is 5.69 Å². The molecule has 0 bridgehead atoms. The maximum absolute atomic E-state index is 13.4. The van der Waals surface area contributed by atoms with Gasteiger partial charge >= 0.3 is 6.18 Å². The number of hydrogen-bond donors (Lipinski definition) is 0. The molecule has 0 aliphatic heterocycles. The first kappa shape index (κ1) is 19.9. The first-order chi connectivity index (χ1) is 14.8. The molecule has 0 radical (unpaired) electrons. The van der Waals surface area contributed by atoms with Crippen LogP contribution in [0.15, 0.2) is 58.0 Å². The third kappa shape index (κ3) is 3.53. The fourth-order valence-corrected chi connectivity index (χ4v) is 3.17. The van der Waals surface area contributed by atoms with Gasteiger partial charge in [-0.25, -0.2) is 14.8 Å². The van der Waals surface area contributed by atoms with E-state index in [1.54, 1.807) is 25.1 Å². The fourth-order valence-electron chi connectivity index (χ4n) is 3.17. The molecule has 4 rings (SSSR count). The number of halogens is 3. The largest absolute Gasteiger partial charge is 0.439 e. The van der Waals surface area contributed by atoms with Crippen LogP contribution in [0.2, 0.25) is 0 Å². The first-order valence-corrected chi connectivity index (χ1v) is 8.81. The fraction of sp³-hybridized carbons (Fsp3) is 0.0909. The molecule has 0 fully saturated rings. The monoisotopic (exact) mass is 420 g/mol. The molecule has 4 aromatic rings. The lowest BCUT2D eigenvalue weighted by Gasteiger charge is -2.10. The van der Waals surface area contributed by atoms with E-state index in [4.69, 9.17) is 20.7 Å². The number of nitrogens with zero attached hydrogens (tertiary/aromatic N) is 4. The Balaban J connectivity index is 1.84. The number of aromatic nitrogens is 2. The molecule has 0 saturated heterocycles. The number of nitriles is 1. The van der Waals surface area contributed by atoms with Crippen LogP contribution in [0.25, 0.3) is 38.9 Å². The minimum atomic E-state index is -4.70. The van der Waals surface area contributed by atoms with E-state index in [2.05, 4.69) is 20.9 Å². The SMILES string of the molecule is [C-]#[N+]c1ccc(-c2ncoc2-c2ocnc2-c2ccc(C#N)c(C)c2)cc1C(F)(F)F. The molecule has 0 N–H and O–H groups in total. The van der Waals surface area contributed by atoms with Gasteiger partial charge < -0.3 is 8.83 Å². The molecule has 2 aromatic heterocycles. The molecule has 2 heterocycles. The molecule has 0 spiro atoms. The Morgan fingerprint density at radius 3 is 2.06 bits per heavy atom. The molecule has 152 valence electrons. The second-order valence-corrected chi connectivity index (χ2v) is 6.54. The highest BCUT2D eigenvalue weighted by atomic mass is 19.4. The van der Waals surface area contributed by atoms with Gasteiger partial charge in [-0.1, -0.05) is 24.3 Å². The van der Waals surface area contributed by atoms with E-state index in [1.807, 2.05) is 0 Å². The number of hydrogen-bond acceptors (Lipinski definition) is 5. The van der Waals surface area contributed by atoms with E-state index in [-0.39, 0.29) is 22.8 Å². The number of oxazole rings is 2. The molecule has 0 aliphatic rings. The molecule has 31 heavy (non-hydrogen) atoms. The van der Waals surface area contributed by atoms with Crippen LogP contribution in [0.4, 0.5) is 18.9 Å². The van der Waals surface area contributed by atoms with Gasteiger partial charge in [-0.05, 0) is 24.6 Å². The van der Waals surface area contributed by atoms with Crippen molar-refractivity contribution in [3.8, 4) is 40.1 Å². The lowest BCUT2D eigenvalue weighted by molar-refractivity contribution is -0.136. The zero-order valence-corrected chi connectivity index (χ0v) is 15.9. The minimum absolute atomic E-state index is 0.0956. The molecule has 0 amide bonds. The lowest BCUT2D eigenvalue weighted by atomic mass is 10.0. The second-order valence-electron chi connectivity index (χ2n) is 6.54. The van der Waals surface area contributed by atoms with Crippen molar-refractivity contribution in [3.05, 3.63) is 77.3 Å². The van der Waals surface area contributed by atoms with E-state index in [0.29, 0.717) is 16.8 Å². The van der Waals surface area contributed by atoms with Crippen LogP contribution in [0, 0.1) is 24.8 Å². The highest BCUT2D eigenvalue weighted by Crippen LogP contribution is 2.42. The van der Waals surface area contributed by atoms with Gasteiger partial charge in [0.1, 0.15) is 11.4 Å². The van der Waals surface area contributed by atoms with E-state index in [9.17, 15) is 13.2 Å². The number of alkyl halides is 3. The van der Waals surface area contributed by atoms with Crippen LogP contribution in [-0.4, -0.2) is 9.97 Å². The number of aryl methyl sites for hydroxylation is 1. The lowest BCUT2D eigenvalue weighted by Crippen LogP contribution is -2.05. The predicted octanol–water partition coefficient (Wildman–Crippen LogP) is 6.41. The normalized spacial score (nSPS) is 11.2. The zero-order valence-electron chi connectivity index (χ0n) is 15.9. The topological polar surface area (TPSA) is 80.2 Å². The summed E-state index contributed by atoms with van der Waals surface area (Å²) >= 11 is 0. The minimum Gasteiger partial charge on any atom is -0.439 e. The Hall–Kier alpha value is -4.37. The molecular formula is C22H11F3N4O2. The zero-order chi connectivity index (χ0) is 22.2. The van der Waals surface area contributed by atoms with Crippen LogP contribution in [0.3, 0.4) is 0 Å². The van der Waals surface area contributed by atoms with Crippen molar-refractivity contribution in [2.75, 3.05) is 0 Å². The summed E-state index contributed by atoms with van der Waals surface area (Å²) in [6, 6.07) is 10.5. The Bertz CT molecular complexity index is 1370.